The molecule has 2 saturated heterocycles. The number of piperidine rings is 1. The minimum atomic E-state index is -0.306. The number of fused-ring (bicyclic) bond motifs is 2. The van der Waals surface area contributed by atoms with Gasteiger partial charge in [0, 0.05) is 29.3 Å². The van der Waals surface area contributed by atoms with Crippen LogP contribution in [0, 0.1) is 19.8 Å². The molecule has 0 spiro atoms. The maximum atomic E-state index is 13.4. The normalized spacial score (nSPS) is 19.4. The number of amides is 3. The van der Waals surface area contributed by atoms with Crippen molar-refractivity contribution in [1.82, 2.24) is 14.7 Å². The van der Waals surface area contributed by atoms with Gasteiger partial charge in [0.25, 0.3) is 0 Å². The van der Waals surface area contributed by atoms with Crippen LogP contribution in [-0.4, -0.2) is 38.7 Å². The van der Waals surface area contributed by atoms with Crippen LogP contribution in [0.1, 0.15) is 74.4 Å². The second kappa shape index (κ2) is 12.5. The molecule has 7 nitrogen and oxygen atoms in total. The van der Waals surface area contributed by atoms with E-state index in [9.17, 15) is 9.59 Å². The van der Waals surface area contributed by atoms with E-state index in [1.807, 2.05) is 54.6 Å². The highest BCUT2D eigenvalue weighted by molar-refractivity contribution is 5.99. The molecule has 2 aliphatic heterocycles. The molecule has 2 aliphatic rings. The third kappa shape index (κ3) is 6.98. The Hall–Kier alpha value is -4.39. The van der Waals surface area contributed by atoms with Crippen molar-refractivity contribution >= 4 is 23.4 Å². The van der Waals surface area contributed by atoms with Crippen molar-refractivity contribution in [2.45, 2.75) is 90.6 Å². The van der Waals surface area contributed by atoms with Gasteiger partial charge in [0.05, 0.1) is 17.8 Å². The zero-order valence-corrected chi connectivity index (χ0v) is 27.1. The first-order valence-corrected chi connectivity index (χ1v) is 16.2. The number of hydrogen-bond acceptors (Lipinski definition) is 3. The fourth-order valence-electron chi connectivity index (χ4n) is 7.03. The molecule has 45 heavy (non-hydrogen) atoms. The summed E-state index contributed by atoms with van der Waals surface area (Å²) in [4.78, 5) is 28.8. The third-order valence-electron chi connectivity index (χ3n) is 9.43. The SMILES string of the molecule is Cc1ccc(-n2nc(C(C)(C)C)cc2NC(=O)Nc2cccc(CC3CC4CCC(C3)N4C(=O)Cc3ccccc3C)c2)cc1. The highest BCUT2D eigenvalue weighted by Gasteiger charge is 2.42. The number of aromatic nitrogens is 2. The fraction of sp³-hybridized carbons (Fsp3) is 0.395. The number of carbonyl (C=O) groups is 2. The van der Waals surface area contributed by atoms with Crippen molar-refractivity contribution in [3.05, 3.63) is 107 Å². The largest absolute Gasteiger partial charge is 0.336 e. The van der Waals surface area contributed by atoms with Crippen LogP contribution >= 0.6 is 0 Å². The van der Waals surface area contributed by atoms with Gasteiger partial charge in [0.15, 0.2) is 0 Å². The van der Waals surface area contributed by atoms with E-state index in [2.05, 4.69) is 74.4 Å². The molecule has 4 aromatic rings. The maximum absolute atomic E-state index is 13.4. The van der Waals surface area contributed by atoms with Crippen LogP contribution in [0.15, 0.2) is 78.9 Å². The second-order valence-corrected chi connectivity index (χ2v) is 14.0. The van der Waals surface area contributed by atoms with Gasteiger partial charge in [0.2, 0.25) is 5.91 Å². The molecule has 1 aromatic heterocycles. The molecular weight excluding hydrogens is 558 g/mol. The summed E-state index contributed by atoms with van der Waals surface area (Å²) in [6.07, 6.45) is 5.69. The number of carbonyl (C=O) groups excluding carboxylic acids is 2. The number of nitrogens with zero attached hydrogens (tertiary/aromatic N) is 3. The summed E-state index contributed by atoms with van der Waals surface area (Å²) in [6.45, 7) is 10.5. The van der Waals surface area contributed by atoms with Crippen LogP contribution < -0.4 is 10.6 Å². The number of hydrogen-bond donors (Lipinski definition) is 2. The molecule has 234 valence electrons. The molecule has 0 aliphatic carbocycles. The monoisotopic (exact) mass is 603 g/mol. The van der Waals surface area contributed by atoms with Gasteiger partial charge in [-0.15, -0.1) is 0 Å². The molecule has 2 fully saturated rings. The van der Waals surface area contributed by atoms with E-state index in [0.717, 1.165) is 54.7 Å². The van der Waals surface area contributed by atoms with Crippen molar-refractivity contribution in [3.63, 3.8) is 0 Å². The lowest BCUT2D eigenvalue weighted by molar-refractivity contribution is -0.135. The van der Waals surface area contributed by atoms with E-state index in [1.165, 1.54) is 16.7 Å². The third-order valence-corrected chi connectivity index (χ3v) is 9.43. The molecule has 3 aromatic carbocycles. The van der Waals surface area contributed by atoms with Crippen LogP contribution in [0.25, 0.3) is 5.69 Å². The van der Waals surface area contributed by atoms with Crippen molar-refractivity contribution in [2.24, 2.45) is 5.92 Å². The first-order chi connectivity index (χ1) is 21.5. The van der Waals surface area contributed by atoms with E-state index >= 15 is 0 Å². The van der Waals surface area contributed by atoms with Crippen molar-refractivity contribution in [3.8, 4) is 5.69 Å². The van der Waals surface area contributed by atoms with Gasteiger partial charge in [-0.2, -0.15) is 5.10 Å². The average Bonchev–Trinajstić information content (AvgIpc) is 3.53. The molecule has 3 amide bonds. The molecule has 3 heterocycles. The van der Waals surface area contributed by atoms with E-state index in [-0.39, 0.29) is 17.4 Å². The van der Waals surface area contributed by atoms with Crippen LogP contribution in [-0.2, 0) is 23.1 Å². The summed E-state index contributed by atoms with van der Waals surface area (Å²) in [5.41, 5.74) is 7.07. The summed E-state index contributed by atoms with van der Waals surface area (Å²) in [5, 5.41) is 10.9. The molecule has 2 atom stereocenters. The second-order valence-electron chi connectivity index (χ2n) is 14.0. The molecule has 6 rings (SSSR count). The Bertz CT molecular complexity index is 1670. The van der Waals surface area contributed by atoms with Crippen molar-refractivity contribution in [2.75, 3.05) is 10.6 Å². The zero-order valence-electron chi connectivity index (χ0n) is 27.1. The molecule has 0 radical (unpaired) electrons. The Morgan fingerprint density at radius 2 is 1.58 bits per heavy atom. The smallest absolute Gasteiger partial charge is 0.324 e. The molecule has 2 bridgehead atoms. The van der Waals surface area contributed by atoms with Gasteiger partial charge in [-0.25, -0.2) is 9.48 Å². The van der Waals surface area contributed by atoms with Gasteiger partial charge in [-0.1, -0.05) is 74.9 Å². The number of rotatable bonds is 7. The van der Waals surface area contributed by atoms with Crippen LogP contribution in [0.5, 0.6) is 0 Å². The summed E-state index contributed by atoms with van der Waals surface area (Å²) in [7, 11) is 0. The Labute approximate surface area is 267 Å². The average molecular weight is 604 g/mol. The van der Waals surface area contributed by atoms with E-state index in [1.54, 1.807) is 4.68 Å². The number of anilines is 2. The summed E-state index contributed by atoms with van der Waals surface area (Å²) in [5.74, 6) is 1.41. The minimum absolute atomic E-state index is 0.166. The lowest BCUT2D eigenvalue weighted by Gasteiger charge is -2.39. The molecule has 2 N–H and O–H groups in total. The van der Waals surface area contributed by atoms with Gasteiger partial charge in [-0.3, -0.25) is 10.1 Å². The summed E-state index contributed by atoms with van der Waals surface area (Å²) >= 11 is 0. The van der Waals surface area contributed by atoms with Crippen molar-refractivity contribution in [1.29, 1.82) is 0 Å². The Kier molecular flexibility index (Phi) is 8.54. The quantitative estimate of drug-likeness (QED) is 0.225. The van der Waals surface area contributed by atoms with E-state index in [0.29, 0.717) is 30.2 Å². The van der Waals surface area contributed by atoms with E-state index < -0.39 is 0 Å². The first kappa shape index (κ1) is 30.6. The number of urea groups is 1. The molecule has 7 heteroatoms. The zero-order chi connectivity index (χ0) is 31.7. The van der Waals surface area contributed by atoms with Gasteiger partial charge < -0.3 is 10.2 Å². The molecule has 2 unspecified atom stereocenters. The van der Waals surface area contributed by atoms with Crippen molar-refractivity contribution < 1.29 is 9.59 Å². The minimum Gasteiger partial charge on any atom is -0.336 e. The van der Waals surface area contributed by atoms with Gasteiger partial charge in [0.1, 0.15) is 5.82 Å². The Morgan fingerprint density at radius 1 is 0.867 bits per heavy atom. The lowest BCUT2D eigenvalue weighted by Crippen LogP contribution is -2.47. The van der Waals surface area contributed by atoms with Crippen LogP contribution in [0.4, 0.5) is 16.3 Å². The summed E-state index contributed by atoms with van der Waals surface area (Å²) < 4.78 is 1.79. The first-order valence-electron chi connectivity index (χ1n) is 16.2. The molecular formula is C38H45N5O2. The van der Waals surface area contributed by atoms with Crippen LogP contribution in [0.3, 0.4) is 0 Å². The summed E-state index contributed by atoms with van der Waals surface area (Å²) in [6, 6.07) is 26.8. The topological polar surface area (TPSA) is 79.3 Å². The predicted octanol–water partition coefficient (Wildman–Crippen LogP) is 7.99. The standard InChI is InChI=1S/C38H45N5O2/c1-25-13-15-31(16-14-25)43-35(24-34(41-43)38(3,4)5)40-37(45)39-30-12-8-10-27(20-30)19-28-21-32-17-18-33(22-28)42(32)36(44)23-29-11-7-6-9-26(29)2/h6-16,20,24,28,32-33H,17-19,21-23H2,1-5H3,(H2,39,40,45). The number of aryl methyl sites for hydroxylation is 2. The fourth-order valence-corrected chi connectivity index (χ4v) is 7.03. The Morgan fingerprint density at radius 3 is 2.27 bits per heavy atom. The maximum Gasteiger partial charge on any atom is 0.324 e. The lowest BCUT2D eigenvalue weighted by atomic mass is 9.85. The highest BCUT2D eigenvalue weighted by Crippen LogP contribution is 2.40. The van der Waals surface area contributed by atoms with Gasteiger partial charge in [-0.05, 0) is 92.8 Å². The Balaban J connectivity index is 1.09. The number of nitrogens with one attached hydrogen (secondary N) is 2. The molecule has 0 saturated carbocycles. The van der Waals surface area contributed by atoms with Crippen LogP contribution in [0.2, 0.25) is 0 Å². The predicted molar refractivity (Wildman–Crippen MR) is 181 cm³/mol. The highest BCUT2D eigenvalue weighted by atomic mass is 16.2. The van der Waals surface area contributed by atoms with Gasteiger partial charge >= 0.3 is 6.03 Å². The number of benzene rings is 3. The van der Waals surface area contributed by atoms with E-state index in [4.69, 9.17) is 5.10 Å².